The molecule has 160 valence electrons. The fraction of sp³-hybridized carbons (Fsp3) is 0.526. The molecule has 2 aliphatic rings. The first-order chi connectivity index (χ1) is 13.4. The summed E-state index contributed by atoms with van der Waals surface area (Å²) < 4.78 is 65.5. The number of benzene rings is 1. The number of halogens is 5. The van der Waals surface area contributed by atoms with E-state index < -0.39 is 34.8 Å². The van der Waals surface area contributed by atoms with Crippen LogP contribution in [0, 0.1) is 28.0 Å². The summed E-state index contributed by atoms with van der Waals surface area (Å²) in [4.78, 5) is 2.30. The van der Waals surface area contributed by atoms with Crippen molar-refractivity contribution in [1.82, 2.24) is 14.0 Å². The molecular weight excluding hydrogens is 430 g/mol. The van der Waals surface area contributed by atoms with Gasteiger partial charge in [-0.05, 0) is 18.6 Å². The highest BCUT2D eigenvalue weighted by atomic mass is 35.5. The van der Waals surface area contributed by atoms with E-state index in [9.17, 15) is 17.6 Å². The number of hydrogen-bond acceptors (Lipinski definition) is 3. The predicted octanol–water partition coefficient (Wildman–Crippen LogP) is 3.75. The second kappa shape index (κ2) is 8.75. The molecule has 4 rings (SSSR count). The zero-order valence-electron chi connectivity index (χ0n) is 15.9. The minimum Gasteiger partial charge on any atom is -0.379 e. The van der Waals surface area contributed by atoms with Gasteiger partial charge in [-0.15, -0.1) is 12.4 Å². The fourth-order valence-electron chi connectivity index (χ4n) is 4.24. The second-order valence-corrected chi connectivity index (χ2v) is 7.70. The van der Waals surface area contributed by atoms with E-state index in [4.69, 9.17) is 17.0 Å². The Morgan fingerprint density at radius 1 is 1.10 bits per heavy atom. The Balaban J connectivity index is 0.00000240. The average Bonchev–Trinajstić information content (AvgIpc) is 3.19. The van der Waals surface area contributed by atoms with Crippen LogP contribution in [-0.4, -0.2) is 46.9 Å². The number of nitrogens with zero attached hydrogens (tertiary/aromatic N) is 3. The molecular formula is C19H22ClF4N3OS. The number of morpholine rings is 1. The lowest BCUT2D eigenvalue weighted by Gasteiger charge is -2.26. The molecule has 1 unspecified atom stereocenters. The van der Waals surface area contributed by atoms with Crippen molar-refractivity contribution in [1.29, 1.82) is 0 Å². The maximum Gasteiger partial charge on any atom is 0.179 e. The van der Waals surface area contributed by atoms with Crippen LogP contribution in [0.5, 0.6) is 0 Å². The van der Waals surface area contributed by atoms with Crippen LogP contribution in [0.3, 0.4) is 0 Å². The molecule has 10 heteroatoms. The van der Waals surface area contributed by atoms with E-state index in [1.807, 2.05) is 16.2 Å². The SMILES string of the molecule is Cl.Cn1c(CCN2CCOCC2)c2n(c1=S)CC(c1c(F)c(F)cc(F)c1F)C2. The van der Waals surface area contributed by atoms with Crippen molar-refractivity contribution in [3.63, 3.8) is 0 Å². The Hall–Kier alpha value is -1.42. The van der Waals surface area contributed by atoms with Crippen molar-refractivity contribution in [3.8, 4) is 0 Å². The lowest BCUT2D eigenvalue weighted by molar-refractivity contribution is 0.0382. The molecule has 0 amide bonds. The summed E-state index contributed by atoms with van der Waals surface area (Å²) in [5, 5.41) is 0. The summed E-state index contributed by atoms with van der Waals surface area (Å²) in [5.74, 6) is -6.07. The van der Waals surface area contributed by atoms with Crippen LogP contribution >= 0.6 is 24.6 Å². The number of rotatable bonds is 4. The van der Waals surface area contributed by atoms with E-state index >= 15 is 0 Å². The van der Waals surface area contributed by atoms with E-state index in [0.29, 0.717) is 24.4 Å². The van der Waals surface area contributed by atoms with E-state index in [-0.39, 0.29) is 25.0 Å². The third-order valence-corrected chi connectivity index (χ3v) is 6.24. The van der Waals surface area contributed by atoms with Crippen LogP contribution in [-0.2, 0) is 31.2 Å². The summed E-state index contributed by atoms with van der Waals surface area (Å²) in [6, 6.07) is 0.246. The molecule has 0 aliphatic carbocycles. The van der Waals surface area contributed by atoms with Crippen molar-refractivity contribution in [2.75, 3.05) is 32.8 Å². The molecule has 4 nitrogen and oxygen atoms in total. The lowest BCUT2D eigenvalue weighted by atomic mass is 9.94. The minimum atomic E-state index is -1.37. The predicted molar refractivity (Wildman–Crippen MR) is 105 cm³/mol. The molecule has 1 fully saturated rings. The lowest BCUT2D eigenvalue weighted by Crippen LogP contribution is -2.37. The van der Waals surface area contributed by atoms with Gasteiger partial charge in [-0.2, -0.15) is 0 Å². The molecule has 0 saturated carbocycles. The number of hydrogen-bond donors (Lipinski definition) is 0. The molecule has 1 saturated heterocycles. The Morgan fingerprint density at radius 3 is 2.34 bits per heavy atom. The summed E-state index contributed by atoms with van der Waals surface area (Å²) in [7, 11) is 1.88. The normalized spacial score (nSPS) is 19.3. The molecule has 2 aromatic rings. The molecule has 0 spiro atoms. The summed E-state index contributed by atoms with van der Waals surface area (Å²) in [5.41, 5.74) is 1.35. The van der Waals surface area contributed by atoms with Crippen molar-refractivity contribution >= 4 is 24.6 Å². The summed E-state index contributed by atoms with van der Waals surface area (Å²) in [6.07, 6.45) is 1.03. The third-order valence-electron chi connectivity index (χ3n) is 5.75. The monoisotopic (exact) mass is 451 g/mol. The van der Waals surface area contributed by atoms with Gasteiger partial charge >= 0.3 is 0 Å². The van der Waals surface area contributed by atoms with Crippen LogP contribution in [0.4, 0.5) is 17.6 Å². The van der Waals surface area contributed by atoms with Gasteiger partial charge in [0.25, 0.3) is 0 Å². The highest BCUT2D eigenvalue weighted by Gasteiger charge is 2.34. The molecule has 0 N–H and O–H groups in total. The smallest absolute Gasteiger partial charge is 0.179 e. The van der Waals surface area contributed by atoms with Gasteiger partial charge in [-0.3, -0.25) is 4.90 Å². The Kier molecular flexibility index (Phi) is 6.72. The fourth-order valence-corrected chi connectivity index (χ4v) is 4.54. The number of fused-ring (bicyclic) bond motifs is 1. The molecule has 0 bridgehead atoms. The van der Waals surface area contributed by atoms with E-state index in [0.717, 1.165) is 37.4 Å². The highest BCUT2D eigenvalue weighted by Crippen LogP contribution is 2.36. The van der Waals surface area contributed by atoms with Gasteiger partial charge < -0.3 is 13.9 Å². The Labute approximate surface area is 177 Å². The highest BCUT2D eigenvalue weighted by molar-refractivity contribution is 7.71. The minimum absolute atomic E-state index is 0. The number of ether oxygens (including phenoxy) is 1. The maximum absolute atomic E-state index is 14.3. The second-order valence-electron chi connectivity index (χ2n) is 7.33. The van der Waals surface area contributed by atoms with Crippen LogP contribution in [0.1, 0.15) is 22.9 Å². The van der Waals surface area contributed by atoms with Crippen molar-refractivity contribution < 1.29 is 22.3 Å². The van der Waals surface area contributed by atoms with E-state index in [1.54, 1.807) is 0 Å². The summed E-state index contributed by atoms with van der Waals surface area (Å²) in [6.45, 7) is 4.17. The standard InChI is InChI=1S/C19H21F4N3OS.ClH/c1-24-14(2-3-25-4-6-27-7-5-25)15-8-11(10-26(15)19(24)28)16-17(22)12(20)9-13(21)18(16)23;/h9,11H,2-8,10H2,1H3;1H. The molecule has 2 aliphatic heterocycles. The first kappa shape index (κ1) is 22.3. The summed E-state index contributed by atoms with van der Waals surface area (Å²) >= 11 is 5.49. The molecule has 0 radical (unpaired) electrons. The zero-order valence-corrected chi connectivity index (χ0v) is 17.5. The van der Waals surface area contributed by atoms with Gasteiger partial charge in [0.05, 0.1) is 13.2 Å². The molecule has 1 aromatic heterocycles. The van der Waals surface area contributed by atoms with Gasteiger partial charge in [0.15, 0.2) is 28.0 Å². The van der Waals surface area contributed by atoms with Crippen LogP contribution < -0.4 is 0 Å². The van der Waals surface area contributed by atoms with Crippen molar-refractivity contribution in [2.45, 2.75) is 25.3 Å². The van der Waals surface area contributed by atoms with Gasteiger partial charge in [0.1, 0.15) is 0 Å². The molecule has 3 heterocycles. The van der Waals surface area contributed by atoms with E-state index in [2.05, 4.69) is 4.90 Å². The van der Waals surface area contributed by atoms with Gasteiger partial charge in [0.2, 0.25) is 0 Å². The first-order valence-corrected chi connectivity index (χ1v) is 9.69. The first-order valence-electron chi connectivity index (χ1n) is 9.28. The van der Waals surface area contributed by atoms with Gasteiger partial charge in [-0.1, -0.05) is 0 Å². The maximum atomic E-state index is 14.3. The number of aromatic nitrogens is 2. The van der Waals surface area contributed by atoms with Crippen LogP contribution in [0.2, 0.25) is 0 Å². The quantitative estimate of drug-likeness (QED) is 0.401. The van der Waals surface area contributed by atoms with Crippen LogP contribution in [0.25, 0.3) is 0 Å². The zero-order chi connectivity index (χ0) is 20.0. The Bertz CT molecular complexity index is 945. The number of imidazole rings is 1. The van der Waals surface area contributed by atoms with Crippen molar-refractivity contribution in [3.05, 3.63) is 51.1 Å². The van der Waals surface area contributed by atoms with Gasteiger partial charge in [-0.25, -0.2) is 17.6 Å². The third kappa shape index (κ3) is 3.97. The molecule has 29 heavy (non-hydrogen) atoms. The largest absolute Gasteiger partial charge is 0.379 e. The van der Waals surface area contributed by atoms with Crippen molar-refractivity contribution in [2.24, 2.45) is 7.05 Å². The Morgan fingerprint density at radius 2 is 1.72 bits per heavy atom. The van der Waals surface area contributed by atoms with E-state index in [1.165, 1.54) is 0 Å². The topological polar surface area (TPSA) is 22.3 Å². The van der Waals surface area contributed by atoms with Gasteiger partial charge in [0, 0.05) is 68.6 Å². The average molecular weight is 452 g/mol. The van der Waals surface area contributed by atoms with Crippen LogP contribution in [0.15, 0.2) is 6.07 Å². The molecule has 1 atom stereocenters. The molecule has 1 aromatic carbocycles.